The molecular weight excluding hydrogens is 387 g/mol. The smallest absolute Gasteiger partial charge is 0.193 e. The first-order valence-electron chi connectivity index (χ1n) is 7.93. The van der Waals surface area contributed by atoms with Crippen molar-refractivity contribution in [3.05, 3.63) is 35.9 Å². The van der Waals surface area contributed by atoms with Gasteiger partial charge in [0.2, 0.25) is 0 Å². The van der Waals surface area contributed by atoms with Crippen molar-refractivity contribution < 1.29 is 0 Å². The van der Waals surface area contributed by atoms with E-state index in [2.05, 4.69) is 64.4 Å². The Kier molecular flexibility index (Phi) is 8.78. The molecule has 1 saturated heterocycles. The molecule has 0 radical (unpaired) electrons. The van der Waals surface area contributed by atoms with Crippen molar-refractivity contribution in [2.75, 3.05) is 46.8 Å². The Morgan fingerprint density at radius 2 is 2.09 bits per heavy atom. The predicted octanol–water partition coefficient (Wildman–Crippen LogP) is 2.62. The predicted molar refractivity (Wildman–Crippen MR) is 105 cm³/mol. The lowest BCUT2D eigenvalue weighted by atomic mass is 9.99. The average Bonchev–Trinajstić information content (AvgIpc) is 3.02. The molecule has 0 aliphatic carbocycles. The van der Waals surface area contributed by atoms with Gasteiger partial charge in [-0.05, 0) is 25.6 Å². The topological polar surface area (TPSA) is 30.9 Å². The first-order chi connectivity index (χ1) is 10.2. The maximum absolute atomic E-state index is 4.43. The Balaban J connectivity index is 0.00000242. The highest BCUT2D eigenvalue weighted by atomic mass is 127. The fourth-order valence-corrected chi connectivity index (χ4v) is 2.80. The standard InChI is InChI=1S/C17H28N4.HI/c1-4-20(3)13-11-19-17(18-2)21-12-10-16(14-21)15-8-6-5-7-9-15;/h5-9,16H,4,10-14H2,1-3H3,(H,18,19);1H. The minimum absolute atomic E-state index is 0. The van der Waals surface area contributed by atoms with Crippen LogP contribution >= 0.6 is 24.0 Å². The van der Waals surface area contributed by atoms with Crippen LogP contribution in [-0.4, -0.2) is 62.6 Å². The van der Waals surface area contributed by atoms with Crippen molar-refractivity contribution in [2.45, 2.75) is 19.3 Å². The van der Waals surface area contributed by atoms with E-state index in [1.165, 1.54) is 12.0 Å². The number of guanidine groups is 1. The Labute approximate surface area is 152 Å². The summed E-state index contributed by atoms with van der Waals surface area (Å²) in [4.78, 5) is 9.11. The number of nitrogens with zero attached hydrogens (tertiary/aromatic N) is 3. The maximum Gasteiger partial charge on any atom is 0.193 e. The van der Waals surface area contributed by atoms with Gasteiger partial charge in [0.05, 0.1) is 0 Å². The lowest BCUT2D eigenvalue weighted by Crippen LogP contribution is -2.42. The number of benzene rings is 1. The average molecular weight is 416 g/mol. The lowest BCUT2D eigenvalue weighted by molar-refractivity contribution is 0.354. The van der Waals surface area contributed by atoms with Gasteiger partial charge >= 0.3 is 0 Å². The van der Waals surface area contributed by atoms with Gasteiger partial charge in [0.1, 0.15) is 0 Å². The van der Waals surface area contributed by atoms with Crippen LogP contribution in [0.1, 0.15) is 24.8 Å². The Morgan fingerprint density at radius 1 is 1.36 bits per heavy atom. The molecule has 1 N–H and O–H groups in total. The second-order valence-electron chi connectivity index (χ2n) is 5.71. The molecule has 1 aliphatic rings. The van der Waals surface area contributed by atoms with Gasteiger partial charge < -0.3 is 15.1 Å². The highest BCUT2D eigenvalue weighted by Crippen LogP contribution is 2.26. The van der Waals surface area contributed by atoms with Crippen LogP contribution in [0.5, 0.6) is 0 Å². The van der Waals surface area contributed by atoms with E-state index in [9.17, 15) is 0 Å². The first-order valence-corrected chi connectivity index (χ1v) is 7.93. The summed E-state index contributed by atoms with van der Waals surface area (Å²) in [6.07, 6.45) is 1.21. The number of rotatable bonds is 5. The second kappa shape index (κ2) is 10.0. The van der Waals surface area contributed by atoms with Gasteiger partial charge in [-0.2, -0.15) is 0 Å². The molecule has 0 amide bonds. The monoisotopic (exact) mass is 416 g/mol. The largest absolute Gasteiger partial charge is 0.355 e. The van der Waals surface area contributed by atoms with Gasteiger partial charge in [-0.25, -0.2) is 0 Å². The van der Waals surface area contributed by atoms with Gasteiger partial charge in [0.15, 0.2) is 5.96 Å². The number of likely N-dealkylation sites (N-methyl/N-ethyl adjacent to an activating group) is 1. The molecule has 1 aliphatic heterocycles. The molecule has 0 aromatic heterocycles. The number of aliphatic imine (C=N–C) groups is 1. The summed E-state index contributed by atoms with van der Waals surface area (Å²) < 4.78 is 0. The molecule has 2 rings (SSSR count). The zero-order chi connectivity index (χ0) is 15.1. The fraction of sp³-hybridized carbons (Fsp3) is 0.588. The summed E-state index contributed by atoms with van der Waals surface area (Å²) in [7, 11) is 4.02. The van der Waals surface area contributed by atoms with E-state index in [1.807, 2.05) is 7.05 Å². The summed E-state index contributed by atoms with van der Waals surface area (Å²) in [6.45, 7) is 7.41. The number of nitrogens with one attached hydrogen (secondary N) is 1. The molecule has 1 unspecified atom stereocenters. The van der Waals surface area contributed by atoms with Crippen molar-refractivity contribution in [3.63, 3.8) is 0 Å². The molecule has 5 heteroatoms. The van der Waals surface area contributed by atoms with E-state index in [-0.39, 0.29) is 24.0 Å². The molecule has 1 aromatic carbocycles. The zero-order valence-corrected chi connectivity index (χ0v) is 16.3. The molecule has 0 spiro atoms. The van der Waals surface area contributed by atoms with Gasteiger partial charge in [-0.15, -0.1) is 24.0 Å². The molecule has 4 nitrogen and oxygen atoms in total. The summed E-state index contributed by atoms with van der Waals surface area (Å²) in [6, 6.07) is 10.8. The molecule has 1 aromatic rings. The van der Waals surface area contributed by atoms with Crippen LogP contribution in [0.2, 0.25) is 0 Å². The van der Waals surface area contributed by atoms with Crippen molar-refractivity contribution in [2.24, 2.45) is 4.99 Å². The minimum atomic E-state index is 0. The molecule has 0 saturated carbocycles. The van der Waals surface area contributed by atoms with Crippen LogP contribution in [0.3, 0.4) is 0 Å². The summed E-state index contributed by atoms with van der Waals surface area (Å²) in [5.74, 6) is 1.67. The van der Waals surface area contributed by atoms with Crippen molar-refractivity contribution >= 4 is 29.9 Å². The number of hydrogen-bond donors (Lipinski definition) is 1. The van der Waals surface area contributed by atoms with E-state index in [0.29, 0.717) is 5.92 Å². The third kappa shape index (κ3) is 5.43. The molecule has 0 bridgehead atoms. The van der Waals surface area contributed by atoms with E-state index in [1.54, 1.807) is 0 Å². The van der Waals surface area contributed by atoms with E-state index < -0.39 is 0 Å². The number of halogens is 1. The Hall–Kier alpha value is -0.820. The summed E-state index contributed by atoms with van der Waals surface area (Å²) in [5.41, 5.74) is 1.45. The van der Waals surface area contributed by atoms with E-state index >= 15 is 0 Å². The van der Waals surface area contributed by atoms with Crippen LogP contribution in [0.15, 0.2) is 35.3 Å². The quantitative estimate of drug-likeness (QED) is 0.455. The maximum atomic E-state index is 4.43. The minimum Gasteiger partial charge on any atom is -0.355 e. The summed E-state index contributed by atoms with van der Waals surface area (Å²) in [5, 5.41) is 3.48. The normalized spacial score (nSPS) is 18.5. The number of likely N-dealkylation sites (tertiary alicyclic amines) is 1. The lowest BCUT2D eigenvalue weighted by Gasteiger charge is -2.23. The highest BCUT2D eigenvalue weighted by Gasteiger charge is 2.25. The Bertz CT molecular complexity index is 449. The van der Waals surface area contributed by atoms with Crippen molar-refractivity contribution in [1.82, 2.24) is 15.1 Å². The van der Waals surface area contributed by atoms with Gasteiger partial charge in [0.25, 0.3) is 0 Å². The van der Waals surface area contributed by atoms with Crippen molar-refractivity contribution in [3.8, 4) is 0 Å². The van der Waals surface area contributed by atoms with Crippen LogP contribution in [0.4, 0.5) is 0 Å². The SMILES string of the molecule is CCN(C)CCNC(=NC)N1CCC(c2ccccc2)C1.I. The molecule has 1 atom stereocenters. The third-order valence-electron chi connectivity index (χ3n) is 4.29. The molecule has 22 heavy (non-hydrogen) atoms. The second-order valence-corrected chi connectivity index (χ2v) is 5.71. The zero-order valence-electron chi connectivity index (χ0n) is 14.0. The molecule has 1 fully saturated rings. The van der Waals surface area contributed by atoms with E-state index in [4.69, 9.17) is 0 Å². The number of hydrogen-bond acceptors (Lipinski definition) is 2. The molecule has 1 heterocycles. The third-order valence-corrected chi connectivity index (χ3v) is 4.29. The van der Waals surface area contributed by atoms with Crippen LogP contribution in [-0.2, 0) is 0 Å². The van der Waals surface area contributed by atoms with Gasteiger partial charge in [-0.1, -0.05) is 37.3 Å². The Morgan fingerprint density at radius 3 is 2.73 bits per heavy atom. The van der Waals surface area contributed by atoms with Crippen molar-refractivity contribution in [1.29, 1.82) is 0 Å². The molecule has 124 valence electrons. The van der Waals surface area contributed by atoms with Crippen LogP contribution in [0, 0.1) is 0 Å². The van der Waals surface area contributed by atoms with Crippen LogP contribution in [0.25, 0.3) is 0 Å². The van der Waals surface area contributed by atoms with Gasteiger partial charge in [0, 0.05) is 39.1 Å². The fourth-order valence-electron chi connectivity index (χ4n) is 2.80. The van der Waals surface area contributed by atoms with Crippen LogP contribution < -0.4 is 5.32 Å². The highest BCUT2D eigenvalue weighted by molar-refractivity contribution is 14.0. The summed E-state index contributed by atoms with van der Waals surface area (Å²) >= 11 is 0. The van der Waals surface area contributed by atoms with Gasteiger partial charge in [-0.3, -0.25) is 4.99 Å². The van der Waals surface area contributed by atoms with E-state index in [0.717, 1.165) is 38.7 Å². The first kappa shape index (κ1) is 19.2. The molecular formula is C17H29IN4.